The molecule has 3 rings (SSSR count). The summed E-state index contributed by atoms with van der Waals surface area (Å²) in [6.45, 7) is 6.54. The average molecular weight is 397 g/mol. The third-order valence-electron chi connectivity index (χ3n) is 3.81. The van der Waals surface area contributed by atoms with E-state index in [9.17, 15) is 0 Å². The van der Waals surface area contributed by atoms with Crippen molar-refractivity contribution < 1.29 is 0 Å². The summed E-state index contributed by atoms with van der Waals surface area (Å²) in [5.41, 5.74) is 31.1. The van der Waals surface area contributed by atoms with Gasteiger partial charge < -0.3 is 5.73 Å². The molecule has 0 amide bonds. The van der Waals surface area contributed by atoms with Crippen LogP contribution in [0.25, 0.3) is 0 Å². The van der Waals surface area contributed by atoms with E-state index in [1.807, 2.05) is 24.3 Å². The molecule has 0 saturated heterocycles. The Morgan fingerprint density at radius 2 is 1.48 bits per heavy atom. The lowest BCUT2D eigenvalue weighted by Crippen LogP contribution is -2.00. The van der Waals surface area contributed by atoms with Gasteiger partial charge in [-0.1, -0.05) is 41.8 Å². The third kappa shape index (κ3) is 8.61. The molecule has 142 valence electrons. The topological polar surface area (TPSA) is 38.4 Å². The molecule has 3 heteroatoms. The van der Waals surface area contributed by atoms with Crippen LogP contribution in [0.15, 0.2) is 113 Å². The van der Waals surface area contributed by atoms with Crippen molar-refractivity contribution in [3.8, 4) is 0 Å². The molecule has 29 heavy (non-hydrogen) atoms. The Kier molecular flexibility index (Phi) is 10.7. The number of aryl methyl sites for hydroxylation is 1. The first-order chi connectivity index (χ1) is 13.7. The fourth-order valence-electron chi connectivity index (χ4n) is 2.59. The smallest absolute Gasteiger partial charge is 0.0664 e. The predicted octanol–water partition coefficient (Wildman–Crippen LogP) is 6.00. The van der Waals surface area contributed by atoms with Gasteiger partial charge in [0.25, 0.3) is 0 Å². The SMILES string of the molecule is C=C=C=C=C=C=C=C=C=C.Cl.Nc1cccc(CCC2=Nc3ccccc3C2)c1. The first kappa shape index (κ1) is 23.2. The minimum absolute atomic E-state index is 0. The van der Waals surface area contributed by atoms with E-state index >= 15 is 0 Å². The molecular formula is C26H21ClN2. The van der Waals surface area contributed by atoms with Gasteiger partial charge in [-0.05, 0) is 89.7 Å². The summed E-state index contributed by atoms with van der Waals surface area (Å²) in [6, 6.07) is 16.5. The van der Waals surface area contributed by atoms with E-state index in [1.54, 1.807) is 0 Å². The molecule has 1 aliphatic heterocycles. The number of anilines is 1. The summed E-state index contributed by atoms with van der Waals surface area (Å²) in [6.07, 6.45) is 3.02. The molecule has 1 aliphatic rings. The Hall–Kier alpha value is -3.82. The number of halogens is 1. The zero-order valence-electron chi connectivity index (χ0n) is 16.1. The van der Waals surface area contributed by atoms with Gasteiger partial charge in [0.1, 0.15) is 0 Å². The zero-order chi connectivity index (χ0) is 20.0. The molecule has 0 atom stereocenters. The maximum atomic E-state index is 5.78. The van der Waals surface area contributed by atoms with Gasteiger partial charge in [-0.3, -0.25) is 4.99 Å². The highest BCUT2D eigenvalue weighted by molar-refractivity contribution is 5.94. The van der Waals surface area contributed by atoms with Crippen molar-refractivity contribution >= 4 is 29.5 Å². The van der Waals surface area contributed by atoms with Crippen LogP contribution >= 0.6 is 12.4 Å². The minimum atomic E-state index is 0. The summed E-state index contributed by atoms with van der Waals surface area (Å²) in [5, 5.41) is 0. The second-order valence-electron chi connectivity index (χ2n) is 5.83. The number of fused-ring (bicyclic) bond motifs is 1. The molecule has 0 fully saturated rings. The van der Waals surface area contributed by atoms with Crippen LogP contribution in [-0.4, -0.2) is 5.71 Å². The Morgan fingerprint density at radius 3 is 2.10 bits per heavy atom. The highest BCUT2D eigenvalue weighted by Crippen LogP contribution is 2.27. The van der Waals surface area contributed by atoms with Crippen LogP contribution in [-0.2, 0) is 12.8 Å². The highest BCUT2D eigenvalue weighted by atomic mass is 35.5. The van der Waals surface area contributed by atoms with Crippen molar-refractivity contribution in [3.63, 3.8) is 0 Å². The van der Waals surface area contributed by atoms with Crippen LogP contribution in [0.1, 0.15) is 17.5 Å². The molecule has 0 spiro atoms. The zero-order valence-corrected chi connectivity index (χ0v) is 16.9. The molecule has 0 unspecified atom stereocenters. The van der Waals surface area contributed by atoms with E-state index < -0.39 is 0 Å². The monoisotopic (exact) mass is 396 g/mol. The van der Waals surface area contributed by atoms with E-state index in [-0.39, 0.29) is 12.4 Å². The summed E-state index contributed by atoms with van der Waals surface area (Å²) < 4.78 is 0. The lowest BCUT2D eigenvalue weighted by molar-refractivity contribution is 1.02. The molecule has 0 aromatic heterocycles. The average Bonchev–Trinajstić information content (AvgIpc) is 3.13. The lowest BCUT2D eigenvalue weighted by Gasteiger charge is -2.02. The normalized spacial score (nSPS) is 9.45. The van der Waals surface area contributed by atoms with E-state index in [0.29, 0.717) is 0 Å². The van der Waals surface area contributed by atoms with Gasteiger partial charge in [0.05, 0.1) is 5.69 Å². The summed E-state index contributed by atoms with van der Waals surface area (Å²) in [4.78, 5) is 4.67. The standard InChI is InChI=1S/C16H16N2.C10H4.ClH/c17-14-6-3-4-12(10-14)8-9-15-11-13-5-1-2-7-16(13)18-15;1-3-5-7-9-10-8-6-4-2;/h1-7,10H,8-9,11,17H2;1-2H2;1H. The van der Waals surface area contributed by atoms with Crippen LogP contribution in [0.5, 0.6) is 0 Å². The number of hydrogen-bond acceptors (Lipinski definition) is 2. The molecule has 1 heterocycles. The largest absolute Gasteiger partial charge is 0.399 e. The van der Waals surface area contributed by atoms with Crippen LogP contribution < -0.4 is 5.73 Å². The maximum absolute atomic E-state index is 5.78. The fourth-order valence-corrected chi connectivity index (χ4v) is 2.59. The first-order valence-electron chi connectivity index (χ1n) is 8.76. The van der Waals surface area contributed by atoms with Gasteiger partial charge in [0.15, 0.2) is 0 Å². The number of rotatable bonds is 3. The van der Waals surface area contributed by atoms with Crippen molar-refractivity contribution in [3.05, 3.63) is 119 Å². The summed E-state index contributed by atoms with van der Waals surface area (Å²) in [7, 11) is 0. The van der Waals surface area contributed by atoms with Crippen molar-refractivity contribution in [1.82, 2.24) is 0 Å². The predicted molar refractivity (Wildman–Crippen MR) is 123 cm³/mol. The quantitative estimate of drug-likeness (QED) is 0.501. The van der Waals surface area contributed by atoms with Gasteiger partial charge in [-0.2, -0.15) is 0 Å². The van der Waals surface area contributed by atoms with Crippen LogP contribution in [0.2, 0.25) is 0 Å². The molecule has 0 saturated carbocycles. The maximum Gasteiger partial charge on any atom is 0.0664 e. The number of nitrogens with two attached hydrogens (primary N) is 1. The summed E-state index contributed by atoms with van der Waals surface area (Å²) >= 11 is 0. The van der Waals surface area contributed by atoms with Crippen LogP contribution in [0.3, 0.4) is 0 Å². The van der Waals surface area contributed by atoms with Crippen molar-refractivity contribution in [2.75, 3.05) is 5.73 Å². The number of benzene rings is 2. The number of aliphatic imine (C=N–C) groups is 1. The van der Waals surface area contributed by atoms with Crippen molar-refractivity contribution in [2.45, 2.75) is 19.3 Å². The Balaban J connectivity index is 0.000000332. The number of para-hydroxylation sites is 1. The van der Waals surface area contributed by atoms with Gasteiger partial charge in [-0.25, -0.2) is 0 Å². The Labute approximate surface area is 178 Å². The van der Waals surface area contributed by atoms with Crippen LogP contribution in [0, 0.1) is 0 Å². The van der Waals surface area contributed by atoms with Gasteiger partial charge >= 0.3 is 0 Å². The van der Waals surface area contributed by atoms with Gasteiger partial charge in [0.2, 0.25) is 0 Å². The molecule has 2 aromatic rings. The molecular weight excluding hydrogens is 376 g/mol. The molecule has 0 radical (unpaired) electrons. The fraction of sp³-hybridized carbons (Fsp3) is 0.115. The number of nitrogen functional groups attached to an aromatic ring is 1. The van der Waals surface area contributed by atoms with E-state index in [4.69, 9.17) is 5.73 Å². The number of nitrogens with zero attached hydrogens (tertiary/aromatic N) is 1. The Morgan fingerprint density at radius 1 is 0.828 bits per heavy atom. The van der Waals surface area contributed by atoms with E-state index in [0.717, 1.165) is 30.6 Å². The second kappa shape index (κ2) is 13.4. The van der Waals surface area contributed by atoms with Crippen molar-refractivity contribution in [1.29, 1.82) is 0 Å². The molecule has 2 aromatic carbocycles. The van der Waals surface area contributed by atoms with Gasteiger partial charge in [0, 0.05) is 17.8 Å². The molecule has 0 aliphatic carbocycles. The third-order valence-corrected chi connectivity index (χ3v) is 3.81. The summed E-state index contributed by atoms with van der Waals surface area (Å²) in [5.74, 6) is 0. The van der Waals surface area contributed by atoms with Crippen LogP contribution in [0.4, 0.5) is 11.4 Å². The van der Waals surface area contributed by atoms with Gasteiger partial charge in [-0.15, -0.1) is 12.4 Å². The highest BCUT2D eigenvalue weighted by Gasteiger charge is 2.13. The minimum Gasteiger partial charge on any atom is -0.399 e. The second-order valence-corrected chi connectivity index (χ2v) is 5.83. The number of hydrogen-bond donors (Lipinski definition) is 1. The molecule has 0 bridgehead atoms. The van der Waals surface area contributed by atoms with E-state index in [1.165, 1.54) is 16.8 Å². The molecule has 2 nitrogen and oxygen atoms in total. The van der Waals surface area contributed by atoms with Crippen molar-refractivity contribution in [2.24, 2.45) is 4.99 Å². The lowest BCUT2D eigenvalue weighted by atomic mass is 10.0. The molecule has 2 N–H and O–H groups in total. The first-order valence-corrected chi connectivity index (χ1v) is 8.76. The Bertz CT molecular complexity index is 1130. The van der Waals surface area contributed by atoms with E-state index in [2.05, 4.69) is 88.3 Å².